The van der Waals surface area contributed by atoms with E-state index in [1.165, 1.54) is 0 Å². The third-order valence-electron chi connectivity index (χ3n) is 4.21. The van der Waals surface area contributed by atoms with E-state index in [0.29, 0.717) is 18.3 Å². The molecule has 0 aromatic carbocycles. The predicted octanol–water partition coefficient (Wildman–Crippen LogP) is -0.0181. The van der Waals surface area contributed by atoms with E-state index in [0.717, 1.165) is 25.3 Å². The molecule has 2 N–H and O–H groups in total. The molecule has 0 saturated carbocycles. The summed E-state index contributed by atoms with van der Waals surface area (Å²) in [5.41, 5.74) is 5.69. The topological polar surface area (TPSA) is 84.6 Å². The summed E-state index contributed by atoms with van der Waals surface area (Å²) in [6, 6.07) is 1.77. The van der Waals surface area contributed by atoms with Crippen molar-refractivity contribution in [3.63, 3.8) is 0 Å². The van der Waals surface area contributed by atoms with Crippen LogP contribution in [0.1, 0.15) is 6.42 Å². The monoisotopic (exact) mass is 277 g/mol. The van der Waals surface area contributed by atoms with Crippen molar-refractivity contribution in [3.05, 3.63) is 6.07 Å². The molecule has 2 aliphatic rings. The van der Waals surface area contributed by atoms with E-state index in [-0.39, 0.29) is 17.8 Å². The molecule has 0 bridgehead atoms. The third-order valence-corrected chi connectivity index (χ3v) is 4.21. The number of fused-ring (bicyclic) bond motifs is 1. The van der Waals surface area contributed by atoms with Crippen molar-refractivity contribution in [2.45, 2.75) is 6.42 Å². The van der Waals surface area contributed by atoms with Gasteiger partial charge in [-0.05, 0) is 12.3 Å². The fourth-order valence-electron chi connectivity index (χ4n) is 3.08. The summed E-state index contributed by atoms with van der Waals surface area (Å²) < 4.78 is 5.12. The predicted molar refractivity (Wildman–Crippen MR) is 74.4 cm³/mol. The number of hydrogen-bond donors (Lipinski definition) is 1. The standard InChI is InChI=1S/C13H19N5O2/c1-17-4-3-8-6-18(7-9(8)12(17)19)10-5-11(20-2)16-13(14)15-10/h5,8-9H,3-4,6-7H2,1-2H3,(H2,14,15,16)/t8-,9+/m1/s1. The minimum absolute atomic E-state index is 0.0657. The molecule has 7 nitrogen and oxygen atoms in total. The summed E-state index contributed by atoms with van der Waals surface area (Å²) in [6.07, 6.45) is 1.04. The van der Waals surface area contributed by atoms with Gasteiger partial charge in [0.05, 0.1) is 13.0 Å². The zero-order valence-corrected chi connectivity index (χ0v) is 11.7. The molecule has 2 fully saturated rings. The van der Waals surface area contributed by atoms with Crippen molar-refractivity contribution in [2.24, 2.45) is 11.8 Å². The molecule has 2 atom stereocenters. The van der Waals surface area contributed by atoms with E-state index < -0.39 is 0 Å². The summed E-state index contributed by atoms with van der Waals surface area (Å²) >= 11 is 0. The molecule has 7 heteroatoms. The lowest BCUT2D eigenvalue weighted by Gasteiger charge is -2.30. The van der Waals surface area contributed by atoms with E-state index in [9.17, 15) is 4.79 Å². The number of carbonyl (C=O) groups is 1. The van der Waals surface area contributed by atoms with Gasteiger partial charge in [-0.25, -0.2) is 0 Å². The molecule has 1 aromatic rings. The van der Waals surface area contributed by atoms with Gasteiger partial charge in [0.1, 0.15) is 5.82 Å². The van der Waals surface area contributed by atoms with Gasteiger partial charge in [0.2, 0.25) is 17.7 Å². The Hall–Kier alpha value is -2.05. The molecule has 1 amide bonds. The first-order valence-corrected chi connectivity index (χ1v) is 6.77. The lowest BCUT2D eigenvalue weighted by Crippen LogP contribution is -2.42. The molecule has 0 spiro atoms. The molecule has 108 valence electrons. The van der Waals surface area contributed by atoms with Gasteiger partial charge < -0.3 is 20.3 Å². The normalized spacial score (nSPS) is 25.8. The molecule has 3 heterocycles. The number of amides is 1. The highest BCUT2D eigenvalue weighted by atomic mass is 16.5. The smallest absolute Gasteiger partial charge is 0.227 e. The minimum atomic E-state index is 0.0657. The number of ether oxygens (including phenoxy) is 1. The quantitative estimate of drug-likeness (QED) is 0.818. The number of carbonyl (C=O) groups excluding carboxylic acids is 1. The number of nitrogen functional groups attached to an aromatic ring is 1. The Morgan fingerprint density at radius 1 is 1.40 bits per heavy atom. The van der Waals surface area contributed by atoms with Gasteiger partial charge >= 0.3 is 0 Å². The third kappa shape index (κ3) is 2.13. The first kappa shape index (κ1) is 13.0. The van der Waals surface area contributed by atoms with Crippen LogP contribution in [0.3, 0.4) is 0 Å². The molecular formula is C13H19N5O2. The molecule has 2 aliphatic heterocycles. The zero-order valence-electron chi connectivity index (χ0n) is 11.7. The SMILES string of the molecule is COc1cc(N2C[C@H]3CCN(C)C(=O)[C@H]3C2)nc(N)n1. The van der Waals surface area contributed by atoms with Crippen molar-refractivity contribution in [2.75, 3.05) is 44.4 Å². The second-order valence-electron chi connectivity index (χ2n) is 5.45. The lowest BCUT2D eigenvalue weighted by atomic mass is 9.88. The Bertz CT molecular complexity index is 535. The van der Waals surface area contributed by atoms with Crippen LogP contribution >= 0.6 is 0 Å². The summed E-state index contributed by atoms with van der Waals surface area (Å²) in [6.45, 7) is 2.36. The van der Waals surface area contributed by atoms with Gasteiger partial charge in [-0.1, -0.05) is 0 Å². The van der Waals surface area contributed by atoms with E-state index in [2.05, 4.69) is 14.9 Å². The van der Waals surface area contributed by atoms with E-state index >= 15 is 0 Å². The maximum Gasteiger partial charge on any atom is 0.227 e. The summed E-state index contributed by atoms with van der Waals surface area (Å²) in [5, 5.41) is 0. The van der Waals surface area contributed by atoms with Gasteiger partial charge in [0, 0.05) is 32.7 Å². The zero-order chi connectivity index (χ0) is 14.3. The van der Waals surface area contributed by atoms with Gasteiger partial charge in [0.25, 0.3) is 0 Å². The number of nitrogens with zero attached hydrogens (tertiary/aromatic N) is 4. The number of methoxy groups -OCH3 is 1. The Kier molecular flexibility index (Phi) is 3.11. The lowest BCUT2D eigenvalue weighted by molar-refractivity contribution is -0.137. The Morgan fingerprint density at radius 2 is 2.20 bits per heavy atom. The maximum atomic E-state index is 12.2. The van der Waals surface area contributed by atoms with Crippen LogP contribution < -0.4 is 15.4 Å². The molecule has 0 aliphatic carbocycles. The second-order valence-corrected chi connectivity index (χ2v) is 5.45. The van der Waals surface area contributed by atoms with Crippen molar-refractivity contribution >= 4 is 17.7 Å². The number of rotatable bonds is 2. The van der Waals surface area contributed by atoms with Crippen LogP contribution in [0.15, 0.2) is 6.07 Å². The Morgan fingerprint density at radius 3 is 2.95 bits per heavy atom. The molecular weight excluding hydrogens is 258 g/mol. The van der Waals surface area contributed by atoms with Crippen LogP contribution in [0.25, 0.3) is 0 Å². The van der Waals surface area contributed by atoms with Crippen LogP contribution in [0, 0.1) is 11.8 Å². The summed E-state index contributed by atoms with van der Waals surface area (Å²) in [5.74, 6) is 2.08. The van der Waals surface area contributed by atoms with E-state index in [1.807, 2.05) is 11.9 Å². The van der Waals surface area contributed by atoms with Crippen LogP contribution in [-0.2, 0) is 4.79 Å². The summed E-state index contributed by atoms with van der Waals surface area (Å²) in [4.78, 5) is 24.4. The van der Waals surface area contributed by atoms with Crippen LogP contribution in [0.2, 0.25) is 0 Å². The van der Waals surface area contributed by atoms with E-state index in [1.54, 1.807) is 13.2 Å². The van der Waals surface area contributed by atoms with Crippen LogP contribution in [-0.4, -0.2) is 54.6 Å². The summed E-state index contributed by atoms with van der Waals surface area (Å²) in [7, 11) is 3.42. The maximum absolute atomic E-state index is 12.2. The highest BCUT2D eigenvalue weighted by Crippen LogP contribution is 2.34. The fraction of sp³-hybridized carbons (Fsp3) is 0.615. The molecule has 1 aromatic heterocycles. The number of piperidine rings is 1. The van der Waals surface area contributed by atoms with Crippen molar-refractivity contribution in [3.8, 4) is 5.88 Å². The number of hydrogen-bond acceptors (Lipinski definition) is 6. The van der Waals surface area contributed by atoms with E-state index in [4.69, 9.17) is 10.5 Å². The molecule has 2 saturated heterocycles. The molecule has 0 unspecified atom stereocenters. The second kappa shape index (κ2) is 4.81. The first-order chi connectivity index (χ1) is 9.58. The van der Waals surface area contributed by atoms with Crippen LogP contribution in [0.5, 0.6) is 5.88 Å². The fourth-order valence-corrected chi connectivity index (χ4v) is 3.08. The average Bonchev–Trinajstić information content (AvgIpc) is 2.87. The Labute approximate surface area is 117 Å². The van der Waals surface area contributed by atoms with Gasteiger partial charge in [0.15, 0.2) is 0 Å². The number of likely N-dealkylation sites (tertiary alicyclic amines) is 1. The highest BCUT2D eigenvalue weighted by Gasteiger charge is 2.42. The minimum Gasteiger partial charge on any atom is -0.481 e. The van der Waals surface area contributed by atoms with Crippen molar-refractivity contribution in [1.29, 1.82) is 0 Å². The molecule has 0 radical (unpaired) electrons. The van der Waals surface area contributed by atoms with Crippen LogP contribution in [0.4, 0.5) is 11.8 Å². The van der Waals surface area contributed by atoms with Crippen molar-refractivity contribution in [1.82, 2.24) is 14.9 Å². The number of aromatic nitrogens is 2. The average molecular weight is 277 g/mol. The largest absolute Gasteiger partial charge is 0.481 e. The van der Waals surface area contributed by atoms with Gasteiger partial charge in [-0.3, -0.25) is 4.79 Å². The molecule has 3 rings (SSSR count). The first-order valence-electron chi connectivity index (χ1n) is 6.77. The molecule has 20 heavy (non-hydrogen) atoms. The highest BCUT2D eigenvalue weighted by molar-refractivity contribution is 5.81. The van der Waals surface area contributed by atoms with Gasteiger partial charge in [-0.2, -0.15) is 9.97 Å². The number of anilines is 2. The van der Waals surface area contributed by atoms with Gasteiger partial charge in [-0.15, -0.1) is 0 Å². The van der Waals surface area contributed by atoms with Crippen molar-refractivity contribution < 1.29 is 9.53 Å². The number of nitrogens with two attached hydrogens (primary N) is 1. The Balaban J connectivity index is 1.83.